The van der Waals surface area contributed by atoms with Gasteiger partial charge in [0.1, 0.15) is 11.6 Å². The number of fused-ring (bicyclic) bond motifs is 1. The molecular weight excluding hydrogens is 410 g/mol. The zero-order valence-electron chi connectivity index (χ0n) is 18.5. The quantitative estimate of drug-likeness (QED) is 0.441. The molecule has 170 valence electrons. The van der Waals surface area contributed by atoms with Gasteiger partial charge in [0.25, 0.3) is 5.88 Å². The van der Waals surface area contributed by atoms with Crippen LogP contribution >= 0.6 is 0 Å². The van der Waals surface area contributed by atoms with Gasteiger partial charge in [-0.1, -0.05) is 11.2 Å². The van der Waals surface area contributed by atoms with Crippen molar-refractivity contribution in [3.05, 3.63) is 41.2 Å². The van der Waals surface area contributed by atoms with Crippen LogP contribution in [0.2, 0.25) is 0 Å². The lowest BCUT2D eigenvalue weighted by Gasteiger charge is -2.24. The summed E-state index contributed by atoms with van der Waals surface area (Å²) in [6, 6.07) is 7.61. The third kappa shape index (κ3) is 5.58. The van der Waals surface area contributed by atoms with E-state index in [0.717, 1.165) is 49.5 Å². The predicted molar refractivity (Wildman–Crippen MR) is 122 cm³/mol. The van der Waals surface area contributed by atoms with Crippen LogP contribution in [0.4, 0.5) is 11.5 Å². The number of nitrogens with zero attached hydrogens (tertiary/aromatic N) is 5. The fourth-order valence-corrected chi connectivity index (χ4v) is 4.03. The Labute approximate surface area is 187 Å². The molecule has 4 rings (SSSR count). The standard InChI is InChI=1S/C22H29N7O3/c1-28(17-5-6-29(13-17)7-8-31-2)14-20-26-19(23)11-22(27-20)32-24-12-15-3-4-18-16(9-15)10-21(30)25-18/h3-4,9,11-12,17H,5-8,10,13-14H2,1-2H3,(H,25,30)(H2,23,26,27). The maximum absolute atomic E-state index is 11.5. The van der Waals surface area contributed by atoms with Crippen LogP contribution < -0.4 is 15.9 Å². The van der Waals surface area contributed by atoms with Crippen molar-refractivity contribution in [2.75, 3.05) is 51.4 Å². The molecule has 1 saturated heterocycles. The van der Waals surface area contributed by atoms with Gasteiger partial charge in [-0.15, -0.1) is 0 Å². The largest absolute Gasteiger partial charge is 0.383 e. The molecule has 1 unspecified atom stereocenters. The summed E-state index contributed by atoms with van der Waals surface area (Å²) < 4.78 is 5.17. The second kappa shape index (κ2) is 10.0. The number of methoxy groups -OCH3 is 1. The highest BCUT2D eigenvalue weighted by Gasteiger charge is 2.26. The van der Waals surface area contributed by atoms with Crippen LogP contribution in [0.1, 0.15) is 23.4 Å². The number of nitrogens with two attached hydrogens (primary N) is 1. The molecule has 0 spiro atoms. The van der Waals surface area contributed by atoms with Crippen LogP contribution in [-0.4, -0.2) is 78.3 Å². The molecule has 10 heteroatoms. The van der Waals surface area contributed by atoms with E-state index in [1.54, 1.807) is 19.4 Å². The minimum absolute atomic E-state index is 0.000384. The molecule has 2 aromatic rings. The first-order chi connectivity index (χ1) is 15.5. The van der Waals surface area contributed by atoms with Gasteiger partial charge in [0, 0.05) is 38.0 Å². The molecule has 3 heterocycles. The van der Waals surface area contributed by atoms with E-state index in [2.05, 4.69) is 37.3 Å². The molecule has 1 fully saturated rings. The van der Waals surface area contributed by atoms with Crippen molar-refractivity contribution in [1.29, 1.82) is 0 Å². The Morgan fingerprint density at radius 1 is 1.38 bits per heavy atom. The number of aromatic nitrogens is 2. The van der Waals surface area contributed by atoms with Gasteiger partial charge >= 0.3 is 0 Å². The summed E-state index contributed by atoms with van der Waals surface area (Å²) in [7, 11) is 3.80. The number of anilines is 2. The molecule has 3 N–H and O–H groups in total. The average molecular weight is 440 g/mol. The Hall–Kier alpha value is -3.08. The van der Waals surface area contributed by atoms with E-state index in [9.17, 15) is 4.79 Å². The number of nitrogen functional groups attached to an aromatic ring is 1. The Morgan fingerprint density at radius 3 is 3.09 bits per heavy atom. The van der Waals surface area contributed by atoms with Gasteiger partial charge in [-0.3, -0.25) is 14.6 Å². The van der Waals surface area contributed by atoms with E-state index in [1.807, 2.05) is 18.2 Å². The SMILES string of the molecule is COCCN1CCC(N(C)Cc2nc(N)cc(ON=Cc3ccc4c(c3)CC(=O)N4)n2)C1. The lowest BCUT2D eigenvalue weighted by atomic mass is 10.1. The molecule has 0 bridgehead atoms. The van der Waals surface area contributed by atoms with E-state index in [1.165, 1.54) is 0 Å². The van der Waals surface area contributed by atoms with E-state index >= 15 is 0 Å². The van der Waals surface area contributed by atoms with E-state index in [-0.39, 0.29) is 5.91 Å². The first-order valence-corrected chi connectivity index (χ1v) is 10.7. The van der Waals surface area contributed by atoms with Crippen LogP contribution in [0.5, 0.6) is 5.88 Å². The maximum atomic E-state index is 11.5. The Balaban J connectivity index is 1.34. The third-order valence-corrected chi connectivity index (χ3v) is 5.74. The highest BCUT2D eigenvalue weighted by molar-refractivity contribution is 5.99. The molecular formula is C22H29N7O3. The van der Waals surface area contributed by atoms with Gasteiger partial charge in [0.15, 0.2) is 0 Å². The average Bonchev–Trinajstić information content (AvgIpc) is 3.37. The number of benzene rings is 1. The Bertz CT molecular complexity index is 997. The number of hydrogen-bond acceptors (Lipinski definition) is 9. The number of likely N-dealkylation sites (N-methyl/N-ethyl adjacent to an activating group) is 1. The molecule has 32 heavy (non-hydrogen) atoms. The monoisotopic (exact) mass is 439 g/mol. The van der Waals surface area contributed by atoms with Crippen LogP contribution in [0.15, 0.2) is 29.4 Å². The van der Waals surface area contributed by atoms with Crippen LogP contribution in [0.3, 0.4) is 0 Å². The molecule has 1 atom stereocenters. The van der Waals surface area contributed by atoms with Crippen molar-refractivity contribution in [2.45, 2.75) is 25.4 Å². The first-order valence-electron chi connectivity index (χ1n) is 10.7. The topological polar surface area (TPSA) is 118 Å². The normalized spacial score (nSPS) is 18.5. The molecule has 1 amide bonds. The van der Waals surface area contributed by atoms with Crippen molar-refractivity contribution in [3.63, 3.8) is 0 Å². The van der Waals surface area contributed by atoms with Crippen molar-refractivity contribution >= 4 is 23.6 Å². The summed E-state index contributed by atoms with van der Waals surface area (Å²) in [5.41, 5.74) is 8.58. The fourth-order valence-electron chi connectivity index (χ4n) is 4.03. The molecule has 10 nitrogen and oxygen atoms in total. The highest BCUT2D eigenvalue weighted by atomic mass is 16.6. The zero-order chi connectivity index (χ0) is 22.5. The summed E-state index contributed by atoms with van der Waals surface area (Å²) in [5.74, 6) is 1.22. The summed E-state index contributed by atoms with van der Waals surface area (Å²) in [6.07, 6.45) is 3.06. The number of likely N-dealkylation sites (tertiary alicyclic amines) is 1. The van der Waals surface area contributed by atoms with Crippen molar-refractivity contribution < 1.29 is 14.4 Å². The second-order valence-corrected chi connectivity index (χ2v) is 8.17. The molecule has 2 aliphatic heterocycles. The van der Waals surface area contributed by atoms with E-state index in [0.29, 0.717) is 36.5 Å². The van der Waals surface area contributed by atoms with E-state index in [4.69, 9.17) is 15.3 Å². The van der Waals surface area contributed by atoms with Crippen LogP contribution in [0.25, 0.3) is 0 Å². The molecule has 0 saturated carbocycles. The lowest BCUT2D eigenvalue weighted by Crippen LogP contribution is -2.35. The summed E-state index contributed by atoms with van der Waals surface area (Å²) in [5, 5.41) is 6.83. The minimum atomic E-state index is -0.000384. The van der Waals surface area contributed by atoms with Gasteiger partial charge in [-0.05, 0) is 43.3 Å². The number of carbonyl (C=O) groups is 1. The molecule has 1 aromatic carbocycles. The Morgan fingerprint density at radius 2 is 2.25 bits per heavy atom. The van der Waals surface area contributed by atoms with Crippen LogP contribution in [-0.2, 0) is 22.5 Å². The van der Waals surface area contributed by atoms with Crippen molar-refractivity contribution in [2.24, 2.45) is 5.16 Å². The molecule has 1 aromatic heterocycles. The molecule has 2 aliphatic rings. The number of oxime groups is 1. The third-order valence-electron chi connectivity index (χ3n) is 5.74. The first kappa shape index (κ1) is 22.1. The number of nitrogens with one attached hydrogen (secondary N) is 1. The smallest absolute Gasteiger partial charge is 0.254 e. The number of ether oxygens (including phenoxy) is 1. The van der Waals surface area contributed by atoms with E-state index < -0.39 is 0 Å². The predicted octanol–water partition coefficient (Wildman–Crippen LogP) is 1.12. The molecule has 0 aliphatic carbocycles. The van der Waals surface area contributed by atoms with Gasteiger partial charge in [0.2, 0.25) is 5.91 Å². The molecule has 0 radical (unpaired) electrons. The minimum Gasteiger partial charge on any atom is -0.383 e. The summed E-state index contributed by atoms with van der Waals surface area (Å²) in [4.78, 5) is 30.4. The number of amides is 1. The van der Waals surface area contributed by atoms with Crippen molar-refractivity contribution in [3.8, 4) is 5.88 Å². The zero-order valence-corrected chi connectivity index (χ0v) is 18.5. The highest BCUT2D eigenvalue weighted by Crippen LogP contribution is 2.23. The van der Waals surface area contributed by atoms with Crippen LogP contribution in [0, 0.1) is 0 Å². The fraction of sp³-hybridized carbons (Fsp3) is 0.455. The lowest BCUT2D eigenvalue weighted by molar-refractivity contribution is -0.115. The number of hydrogen-bond donors (Lipinski definition) is 2. The second-order valence-electron chi connectivity index (χ2n) is 8.17. The summed E-state index contributed by atoms with van der Waals surface area (Å²) in [6.45, 7) is 4.32. The maximum Gasteiger partial charge on any atom is 0.254 e. The number of carbonyl (C=O) groups excluding carboxylic acids is 1. The van der Waals surface area contributed by atoms with Gasteiger partial charge in [0.05, 0.1) is 25.8 Å². The van der Waals surface area contributed by atoms with Gasteiger partial charge < -0.3 is 20.6 Å². The Kier molecular flexibility index (Phi) is 6.93. The van der Waals surface area contributed by atoms with Crippen molar-refractivity contribution in [1.82, 2.24) is 19.8 Å². The van der Waals surface area contributed by atoms with Gasteiger partial charge in [-0.2, -0.15) is 4.98 Å². The summed E-state index contributed by atoms with van der Waals surface area (Å²) >= 11 is 0. The van der Waals surface area contributed by atoms with Gasteiger partial charge in [-0.25, -0.2) is 4.98 Å². The number of rotatable bonds is 9.